The highest BCUT2D eigenvalue weighted by atomic mass is 32.2. The Morgan fingerprint density at radius 3 is 2.43 bits per heavy atom. The smallest absolute Gasteiger partial charge is 0.307 e. The lowest BCUT2D eigenvalue weighted by atomic mass is 9.99. The minimum absolute atomic E-state index is 0.199. The second kappa shape index (κ2) is 6.20. The van der Waals surface area contributed by atoms with Crippen LogP contribution in [0.15, 0.2) is 29.7 Å². The highest BCUT2D eigenvalue weighted by Gasteiger charge is 2.24. The molecule has 1 aromatic heterocycles. The van der Waals surface area contributed by atoms with Gasteiger partial charge in [-0.3, -0.25) is 9.71 Å². The molecule has 0 saturated carbocycles. The fourth-order valence-corrected chi connectivity index (χ4v) is 4.02. The average Bonchev–Trinajstić information content (AvgIpc) is 3.22. The van der Waals surface area contributed by atoms with Crippen LogP contribution in [0.25, 0.3) is 0 Å². The molecule has 1 heterocycles. The minimum Gasteiger partial charge on any atom is -0.307 e. The van der Waals surface area contributed by atoms with Crippen molar-refractivity contribution in [2.75, 3.05) is 5.32 Å². The Hall–Kier alpha value is -2.08. The molecular weight excluding hydrogens is 308 g/mol. The molecule has 0 radical (unpaired) electrons. The number of carbonyl (C=O) groups excluding carboxylic acids is 1. The average molecular weight is 326 g/mol. The van der Waals surface area contributed by atoms with Gasteiger partial charge in [0, 0.05) is 30.0 Å². The van der Waals surface area contributed by atoms with Crippen LogP contribution in [-0.2, 0) is 25.7 Å². The summed E-state index contributed by atoms with van der Waals surface area (Å²) in [6.45, 7) is 0. The Morgan fingerprint density at radius 1 is 1.04 bits per heavy atom. The third kappa shape index (κ3) is 2.91. The van der Waals surface area contributed by atoms with E-state index in [0.717, 1.165) is 31.4 Å². The van der Waals surface area contributed by atoms with Crippen LogP contribution in [0.3, 0.4) is 0 Å². The van der Waals surface area contributed by atoms with Crippen molar-refractivity contribution in [2.24, 2.45) is 0 Å². The Kier molecular flexibility index (Phi) is 3.91. The molecule has 118 valence electrons. The standard InChI is InChI=1S/C17H18N4OS/c22-17(21-23-15-10-18-7-8-19-15)20-16-13-5-1-3-11(13)9-12-4-2-6-14(12)16/h7-10H,1-6H2,(H2,20,21,22). The molecule has 2 aromatic rings. The van der Waals surface area contributed by atoms with E-state index >= 15 is 0 Å². The quantitative estimate of drug-likeness (QED) is 0.850. The van der Waals surface area contributed by atoms with Gasteiger partial charge in [-0.2, -0.15) is 0 Å². The largest absolute Gasteiger partial charge is 0.329 e. The van der Waals surface area contributed by atoms with Crippen LogP contribution >= 0.6 is 11.9 Å². The zero-order valence-corrected chi connectivity index (χ0v) is 13.6. The number of hydrogen-bond donors (Lipinski definition) is 2. The zero-order valence-electron chi connectivity index (χ0n) is 12.8. The molecule has 5 nitrogen and oxygen atoms in total. The fourth-order valence-electron chi connectivity index (χ4n) is 3.54. The molecule has 2 N–H and O–H groups in total. The Bertz CT molecular complexity index is 716. The van der Waals surface area contributed by atoms with Crippen molar-refractivity contribution in [2.45, 2.75) is 43.6 Å². The molecule has 2 aliphatic rings. The van der Waals surface area contributed by atoms with Crippen LogP contribution in [-0.4, -0.2) is 16.0 Å². The van der Waals surface area contributed by atoms with Gasteiger partial charge >= 0.3 is 6.03 Å². The van der Waals surface area contributed by atoms with Gasteiger partial charge in [0.05, 0.1) is 6.20 Å². The van der Waals surface area contributed by atoms with Crippen molar-refractivity contribution >= 4 is 23.7 Å². The summed E-state index contributed by atoms with van der Waals surface area (Å²) in [6.07, 6.45) is 11.6. The zero-order chi connectivity index (χ0) is 15.6. The van der Waals surface area contributed by atoms with E-state index < -0.39 is 0 Å². The number of benzene rings is 1. The van der Waals surface area contributed by atoms with Crippen LogP contribution in [0.1, 0.15) is 35.1 Å². The summed E-state index contributed by atoms with van der Waals surface area (Å²) in [4.78, 5) is 20.4. The van der Waals surface area contributed by atoms with Gasteiger partial charge in [0.25, 0.3) is 0 Å². The van der Waals surface area contributed by atoms with Crippen LogP contribution in [0.2, 0.25) is 0 Å². The Morgan fingerprint density at radius 2 is 1.78 bits per heavy atom. The van der Waals surface area contributed by atoms with Crippen LogP contribution in [0, 0.1) is 0 Å². The third-order valence-electron chi connectivity index (χ3n) is 4.50. The number of amides is 2. The topological polar surface area (TPSA) is 66.9 Å². The van der Waals surface area contributed by atoms with E-state index in [1.165, 1.54) is 47.0 Å². The normalized spacial score (nSPS) is 15.1. The summed E-state index contributed by atoms with van der Waals surface area (Å²) in [7, 11) is 0. The number of fused-ring (bicyclic) bond motifs is 2. The Labute approximate surface area is 139 Å². The number of carbonyl (C=O) groups is 1. The molecule has 0 unspecified atom stereocenters. The van der Waals surface area contributed by atoms with E-state index in [9.17, 15) is 4.79 Å². The van der Waals surface area contributed by atoms with Crippen molar-refractivity contribution in [3.63, 3.8) is 0 Å². The lowest BCUT2D eigenvalue weighted by molar-refractivity contribution is 0.257. The lowest BCUT2D eigenvalue weighted by Gasteiger charge is -2.16. The molecule has 0 saturated heterocycles. The van der Waals surface area contributed by atoms with Crippen LogP contribution < -0.4 is 10.0 Å². The first-order chi connectivity index (χ1) is 11.3. The number of nitrogens with zero attached hydrogens (tertiary/aromatic N) is 2. The lowest BCUT2D eigenvalue weighted by Crippen LogP contribution is -2.24. The molecule has 0 aliphatic heterocycles. The first-order valence-electron chi connectivity index (χ1n) is 7.97. The van der Waals surface area contributed by atoms with Gasteiger partial charge in [-0.05, 0) is 60.8 Å². The van der Waals surface area contributed by atoms with Crippen molar-refractivity contribution < 1.29 is 4.79 Å². The maximum absolute atomic E-state index is 12.3. The van der Waals surface area contributed by atoms with E-state index in [0.29, 0.717) is 5.03 Å². The molecule has 0 bridgehead atoms. The molecule has 0 atom stereocenters. The van der Waals surface area contributed by atoms with Gasteiger partial charge in [-0.1, -0.05) is 6.07 Å². The molecule has 0 fully saturated rings. The van der Waals surface area contributed by atoms with Gasteiger partial charge in [-0.15, -0.1) is 0 Å². The van der Waals surface area contributed by atoms with Gasteiger partial charge in [0.15, 0.2) is 0 Å². The summed E-state index contributed by atoms with van der Waals surface area (Å²) in [5.41, 5.74) is 6.57. The van der Waals surface area contributed by atoms with Gasteiger partial charge in [-0.25, -0.2) is 9.78 Å². The summed E-state index contributed by atoms with van der Waals surface area (Å²) >= 11 is 1.18. The van der Waals surface area contributed by atoms with Crippen LogP contribution in [0.4, 0.5) is 10.5 Å². The highest BCUT2D eigenvalue weighted by molar-refractivity contribution is 7.97. The SMILES string of the molecule is O=C(NSc1cnccn1)Nc1c2c(cc3c1CCC3)CCC2. The maximum atomic E-state index is 12.3. The van der Waals surface area contributed by atoms with Crippen LogP contribution in [0.5, 0.6) is 0 Å². The molecule has 0 spiro atoms. The van der Waals surface area contributed by atoms with E-state index in [-0.39, 0.29) is 6.03 Å². The number of nitrogens with one attached hydrogen (secondary N) is 2. The number of aromatic nitrogens is 2. The van der Waals surface area contributed by atoms with Gasteiger partial charge in [0.1, 0.15) is 5.03 Å². The number of aryl methyl sites for hydroxylation is 2. The van der Waals surface area contributed by atoms with Gasteiger partial charge < -0.3 is 5.32 Å². The summed E-state index contributed by atoms with van der Waals surface area (Å²) in [5, 5.41) is 3.77. The predicted octanol–water partition coefficient (Wildman–Crippen LogP) is 3.28. The van der Waals surface area contributed by atoms with E-state index in [1.807, 2.05) is 0 Å². The van der Waals surface area contributed by atoms with Crippen molar-refractivity contribution in [3.05, 3.63) is 46.9 Å². The van der Waals surface area contributed by atoms with Crippen molar-refractivity contribution in [3.8, 4) is 0 Å². The van der Waals surface area contributed by atoms with Crippen molar-refractivity contribution in [1.29, 1.82) is 0 Å². The summed E-state index contributed by atoms with van der Waals surface area (Å²) < 4.78 is 2.79. The van der Waals surface area contributed by atoms with E-state index in [1.54, 1.807) is 18.6 Å². The molecule has 2 aliphatic carbocycles. The maximum Gasteiger partial charge on any atom is 0.329 e. The molecule has 6 heteroatoms. The molecular formula is C17H18N4OS. The van der Waals surface area contributed by atoms with Gasteiger partial charge in [0.2, 0.25) is 0 Å². The highest BCUT2D eigenvalue weighted by Crippen LogP contribution is 2.38. The predicted molar refractivity (Wildman–Crippen MR) is 90.5 cm³/mol. The van der Waals surface area contributed by atoms with Crippen molar-refractivity contribution in [1.82, 2.24) is 14.7 Å². The molecule has 4 rings (SSSR count). The monoisotopic (exact) mass is 326 g/mol. The summed E-state index contributed by atoms with van der Waals surface area (Å²) in [5.74, 6) is 0. The first-order valence-corrected chi connectivity index (χ1v) is 8.79. The third-order valence-corrected chi connectivity index (χ3v) is 5.21. The minimum atomic E-state index is -0.199. The Balaban J connectivity index is 1.51. The fraction of sp³-hybridized carbons (Fsp3) is 0.353. The number of anilines is 1. The second-order valence-electron chi connectivity index (χ2n) is 5.94. The van der Waals surface area contributed by atoms with E-state index in [4.69, 9.17) is 0 Å². The summed E-state index contributed by atoms with van der Waals surface area (Å²) in [6, 6.07) is 2.16. The van der Waals surface area contributed by atoms with E-state index in [2.05, 4.69) is 26.1 Å². The molecule has 1 aromatic carbocycles. The first kappa shape index (κ1) is 14.5. The molecule has 2 amide bonds. The second-order valence-corrected chi connectivity index (χ2v) is 6.76. The number of hydrogen-bond acceptors (Lipinski definition) is 4. The number of rotatable bonds is 3. The molecule has 23 heavy (non-hydrogen) atoms. The number of urea groups is 1.